The predicted molar refractivity (Wildman–Crippen MR) is 71.8 cm³/mol. The van der Waals surface area contributed by atoms with Crippen molar-refractivity contribution in [3.05, 3.63) is 34.9 Å². The summed E-state index contributed by atoms with van der Waals surface area (Å²) in [6, 6.07) is 6.76. The van der Waals surface area contributed by atoms with Crippen molar-refractivity contribution in [1.82, 2.24) is 0 Å². The van der Waals surface area contributed by atoms with Crippen LogP contribution < -0.4 is 5.73 Å². The van der Waals surface area contributed by atoms with Gasteiger partial charge in [-0.15, -0.1) is 0 Å². The summed E-state index contributed by atoms with van der Waals surface area (Å²) < 4.78 is 0. The van der Waals surface area contributed by atoms with Crippen LogP contribution in [0.2, 0.25) is 0 Å². The molecule has 2 N–H and O–H groups in total. The fourth-order valence-corrected chi connectivity index (χ4v) is 2.34. The van der Waals surface area contributed by atoms with Gasteiger partial charge < -0.3 is 5.73 Å². The molecule has 0 aromatic heterocycles. The highest BCUT2D eigenvalue weighted by molar-refractivity contribution is 5.35. The summed E-state index contributed by atoms with van der Waals surface area (Å²) in [6.07, 6.45) is 7.23. The van der Waals surface area contributed by atoms with Gasteiger partial charge in [0.05, 0.1) is 0 Å². The molecule has 1 aromatic carbocycles. The molecule has 1 rings (SSSR count). The van der Waals surface area contributed by atoms with Crippen molar-refractivity contribution in [3.8, 4) is 0 Å². The van der Waals surface area contributed by atoms with Crippen molar-refractivity contribution in [2.45, 2.75) is 52.4 Å². The molecule has 0 atom stereocenters. The minimum Gasteiger partial charge on any atom is -0.330 e. The lowest BCUT2D eigenvalue weighted by molar-refractivity contribution is 0.683. The van der Waals surface area contributed by atoms with Crippen molar-refractivity contribution in [2.24, 2.45) is 5.73 Å². The highest BCUT2D eigenvalue weighted by Crippen LogP contribution is 2.18. The Kier molecular flexibility index (Phi) is 6.17. The van der Waals surface area contributed by atoms with Crippen molar-refractivity contribution in [2.75, 3.05) is 6.54 Å². The van der Waals surface area contributed by atoms with E-state index >= 15 is 0 Å². The summed E-state index contributed by atoms with van der Waals surface area (Å²) in [5.41, 5.74) is 10.2. The van der Waals surface area contributed by atoms with Crippen LogP contribution in [0.4, 0.5) is 0 Å². The molecular formula is C15H25N. The van der Waals surface area contributed by atoms with Gasteiger partial charge in [0.1, 0.15) is 0 Å². The van der Waals surface area contributed by atoms with E-state index in [0.717, 1.165) is 25.8 Å². The molecule has 0 aliphatic rings. The van der Waals surface area contributed by atoms with Gasteiger partial charge in [-0.05, 0) is 55.3 Å². The van der Waals surface area contributed by atoms with Gasteiger partial charge in [0.15, 0.2) is 0 Å². The Labute approximate surface area is 100 Å². The third kappa shape index (κ3) is 3.64. The first-order valence-corrected chi connectivity index (χ1v) is 6.63. The van der Waals surface area contributed by atoms with Gasteiger partial charge >= 0.3 is 0 Å². The second kappa shape index (κ2) is 7.45. The fraction of sp³-hybridized carbons (Fsp3) is 0.600. The highest BCUT2D eigenvalue weighted by atomic mass is 14.5. The van der Waals surface area contributed by atoms with Crippen molar-refractivity contribution < 1.29 is 0 Å². The van der Waals surface area contributed by atoms with Gasteiger partial charge in [0.2, 0.25) is 0 Å². The van der Waals surface area contributed by atoms with E-state index in [1.807, 2.05) is 0 Å². The SMILES string of the molecule is CCc1cccc(CCCCCN)c1CC. The van der Waals surface area contributed by atoms with E-state index in [2.05, 4.69) is 32.0 Å². The Balaban J connectivity index is 2.63. The molecule has 16 heavy (non-hydrogen) atoms. The minimum atomic E-state index is 0.829. The van der Waals surface area contributed by atoms with Crippen molar-refractivity contribution in [1.29, 1.82) is 0 Å². The molecule has 0 aliphatic heterocycles. The number of unbranched alkanes of at least 4 members (excludes halogenated alkanes) is 2. The summed E-state index contributed by atoms with van der Waals surface area (Å²) >= 11 is 0. The summed E-state index contributed by atoms with van der Waals surface area (Å²) in [7, 11) is 0. The molecule has 0 unspecified atom stereocenters. The number of rotatable bonds is 7. The number of nitrogens with two attached hydrogens (primary N) is 1. The Bertz CT molecular complexity index is 304. The quantitative estimate of drug-likeness (QED) is 0.698. The topological polar surface area (TPSA) is 26.0 Å². The lowest BCUT2D eigenvalue weighted by Gasteiger charge is -2.12. The van der Waals surface area contributed by atoms with Crippen LogP contribution in [-0.4, -0.2) is 6.54 Å². The standard InChI is InChI=1S/C15H25N/c1-3-13-10-8-11-14(15(13)4-2)9-6-5-7-12-16/h8,10-11H,3-7,9,12,16H2,1-2H3. The first kappa shape index (κ1) is 13.2. The molecule has 0 bridgehead atoms. The van der Waals surface area contributed by atoms with Crippen LogP contribution in [0.1, 0.15) is 49.8 Å². The van der Waals surface area contributed by atoms with Gasteiger partial charge in [-0.1, -0.05) is 38.5 Å². The van der Waals surface area contributed by atoms with Crippen LogP contribution in [0.5, 0.6) is 0 Å². The zero-order valence-corrected chi connectivity index (χ0v) is 10.8. The summed E-state index contributed by atoms with van der Waals surface area (Å²) in [4.78, 5) is 0. The van der Waals surface area contributed by atoms with Gasteiger partial charge in [-0.25, -0.2) is 0 Å². The second-order valence-corrected chi connectivity index (χ2v) is 4.36. The van der Waals surface area contributed by atoms with E-state index in [0.29, 0.717) is 0 Å². The molecule has 0 spiro atoms. The lowest BCUT2D eigenvalue weighted by Crippen LogP contribution is -2.00. The Morgan fingerprint density at radius 1 is 0.938 bits per heavy atom. The third-order valence-corrected chi connectivity index (χ3v) is 3.25. The average molecular weight is 219 g/mol. The molecule has 0 amide bonds. The van der Waals surface area contributed by atoms with E-state index < -0.39 is 0 Å². The van der Waals surface area contributed by atoms with Crippen molar-refractivity contribution in [3.63, 3.8) is 0 Å². The van der Waals surface area contributed by atoms with Crippen LogP contribution in [-0.2, 0) is 19.3 Å². The third-order valence-electron chi connectivity index (χ3n) is 3.25. The largest absolute Gasteiger partial charge is 0.330 e. The smallest absolute Gasteiger partial charge is 0.00773 e. The number of hydrogen-bond acceptors (Lipinski definition) is 1. The summed E-state index contributed by atoms with van der Waals surface area (Å²) in [6.45, 7) is 5.33. The lowest BCUT2D eigenvalue weighted by atomic mass is 9.94. The number of hydrogen-bond donors (Lipinski definition) is 1. The van der Waals surface area contributed by atoms with Crippen LogP contribution in [0, 0.1) is 0 Å². The normalized spacial score (nSPS) is 10.7. The Morgan fingerprint density at radius 2 is 1.69 bits per heavy atom. The summed E-state index contributed by atoms with van der Waals surface area (Å²) in [5.74, 6) is 0. The first-order chi connectivity index (χ1) is 7.83. The molecule has 0 heterocycles. The van der Waals surface area contributed by atoms with E-state index in [9.17, 15) is 0 Å². The maximum absolute atomic E-state index is 5.51. The van der Waals surface area contributed by atoms with Crippen LogP contribution in [0.25, 0.3) is 0 Å². The Hall–Kier alpha value is -0.820. The van der Waals surface area contributed by atoms with E-state index in [1.165, 1.54) is 24.8 Å². The predicted octanol–water partition coefficient (Wildman–Crippen LogP) is 3.48. The average Bonchev–Trinajstić information content (AvgIpc) is 2.34. The minimum absolute atomic E-state index is 0.829. The molecule has 0 fully saturated rings. The number of benzene rings is 1. The Morgan fingerprint density at radius 3 is 2.31 bits per heavy atom. The highest BCUT2D eigenvalue weighted by Gasteiger charge is 2.04. The van der Waals surface area contributed by atoms with Crippen LogP contribution >= 0.6 is 0 Å². The van der Waals surface area contributed by atoms with Crippen LogP contribution in [0.3, 0.4) is 0 Å². The summed E-state index contributed by atoms with van der Waals surface area (Å²) in [5, 5.41) is 0. The number of aryl methyl sites for hydroxylation is 2. The second-order valence-electron chi connectivity index (χ2n) is 4.36. The van der Waals surface area contributed by atoms with Crippen molar-refractivity contribution >= 4 is 0 Å². The molecule has 90 valence electrons. The zero-order valence-electron chi connectivity index (χ0n) is 10.8. The molecule has 0 saturated carbocycles. The molecule has 0 saturated heterocycles. The van der Waals surface area contributed by atoms with Gasteiger partial charge in [0, 0.05) is 0 Å². The van der Waals surface area contributed by atoms with E-state index in [-0.39, 0.29) is 0 Å². The van der Waals surface area contributed by atoms with Gasteiger partial charge in [0.25, 0.3) is 0 Å². The molecule has 1 heteroatoms. The van der Waals surface area contributed by atoms with E-state index in [1.54, 1.807) is 11.1 Å². The molecule has 1 aromatic rings. The van der Waals surface area contributed by atoms with Crippen LogP contribution in [0.15, 0.2) is 18.2 Å². The first-order valence-electron chi connectivity index (χ1n) is 6.63. The molecule has 1 nitrogen and oxygen atoms in total. The fourth-order valence-electron chi connectivity index (χ4n) is 2.34. The maximum Gasteiger partial charge on any atom is -0.00773 e. The monoisotopic (exact) mass is 219 g/mol. The van der Waals surface area contributed by atoms with Gasteiger partial charge in [-0.2, -0.15) is 0 Å². The van der Waals surface area contributed by atoms with Gasteiger partial charge in [-0.3, -0.25) is 0 Å². The molecular weight excluding hydrogens is 194 g/mol. The molecule has 0 aliphatic carbocycles. The van der Waals surface area contributed by atoms with E-state index in [4.69, 9.17) is 5.73 Å². The zero-order chi connectivity index (χ0) is 11.8. The molecule has 0 radical (unpaired) electrons. The maximum atomic E-state index is 5.51.